The van der Waals surface area contributed by atoms with Crippen LogP contribution in [0.25, 0.3) is 10.9 Å². The lowest BCUT2D eigenvalue weighted by Gasteiger charge is -2.23. The summed E-state index contributed by atoms with van der Waals surface area (Å²) in [5.74, 6) is -4.13. The number of nitrogens with one attached hydrogen (secondary N) is 4. The first-order valence-corrected chi connectivity index (χ1v) is 12.7. The first-order chi connectivity index (χ1) is 18.9. The van der Waals surface area contributed by atoms with E-state index in [-0.39, 0.29) is 44.6 Å². The topological polar surface area (TPSA) is 274 Å². The number of aliphatic imine (C=N–C) groups is 1. The van der Waals surface area contributed by atoms with Crippen molar-refractivity contribution in [1.82, 2.24) is 20.9 Å². The van der Waals surface area contributed by atoms with E-state index in [0.717, 1.165) is 10.9 Å². The number of hydrogen-bond acceptors (Lipinski definition) is 7. The van der Waals surface area contributed by atoms with Crippen LogP contribution < -0.4 is 38.9 Å². The van der Waals surface area contributed by atoms with Gasteiger partial charge in [0.1, 0.15) is 18.1 Å². The Kier molecular flexibility index (Phi) is 11.9. The number of guanidine groups is 1. The van der Waals surface area contributed by atoms with Crippen LogP contribution in [0.15, 0.2) is 35.5 Å². The number of hydrogen-bond donors (Lipinski definition) is 9. The van der Waals surface area contributed by atoms with Crippen molar-refractivity contribution < 1.29 is 29.1 Å². The second-order valence-corrected chi connectivity index (χ2v) is 9.31. The fourth-order valence-corrected chi connectivity index (χ4v) is 3.88. The monoisotopic (exact) mass is 559 g/mol. The SMILES string of the molecule is CC(NC(=O)C(N)CCC(N)=O)C(=O)NC(CCCN=C(N)N)C(=O)NC(Cc1c[nH]c2ccccc12)C(=O)O. The molecule has 4 atom stereocenters. The summed E-state index contributed by atoms with van der Waals surface area (Å²) in [7, 11) is 0. The predicted molar refractivity (Wildman–Crippen MR) is 147 cm³/mol. The van der Waals surface area contributed by atoms with Crippen molar-refractivity contribution in [1.29, 1.82) is 0 Å². The van der Waals surface area contributed by atoms with E-state index < -0.39 is 53.8 Å². The van der Waals surface area contributed by atoms with Gasteiger partial charge in [-0.3, -0.25) is 24.2 Å². The number of nitrogens with two attached hydrogens (primary N) is 4. The Hall–Kier alpha value is -4.66. The van der Waals surface area contributed by atoms with Crippen molar-refractivity contribution >= 4 is 46.5 Å². The molecule has 0 aliphatic rings. The lowest BCUT2D eigenvalue weighted by molar-refractivity contribution is -0.142. The number of amides is 4. The van der Waals surface area contributed by atoms with Gasteiger partial charge in [0.2, 0.25) is 23.6 Å². The molecule has 4 amide bonds. The molecule has 0 saturated heterocycles. The summed E-state index contributed by atoms with van der Waals surface area (Å²) >= 11 is 0. The molecule has 0 aliphatic carbocycles. The molecule has 0 saturated carbocycles. The van der Waals surface area contributed by atoms with Gasteiger partial charge >= 0.3 is 5.97 Å². The lowest BCUT2D eigenvalue weighted by atomic mass is 10.0. The van der Waals surface area contributed by atoms with Crippen molar-refractivity contribution in [3.63, 3.8) is 0 Å². The molecular formula is C25H37N9O6. The summed E-state index contributed by atoms with van der Waals surface area (Å²) in [6.45, 7) is 1.56. The number of aromatic amines is 1. The Balaban J connectivity index is 2.10. The van der Waals surface area contributed by atoms with E-state index in [1.807, 2.05) is 24.3 Å². The Morgan fingerprint density at radius 3 is 2.27 bits per heavy atom. The number of H-pyrrole nitrogens is 1. The lowest BCUT2D eigenvalue weighted by Crippen LogP contribution is -2.56. The van der Waals surface area contributed by atoms with Crippen LogP contribution in [0.1, 0.15) is 38.2 Å². The van der Waals surface area contributed by atoms with Crippen LogP contribution in [-0.4, -0.2) is 76.4 Å². The van der Waals surface area contributed by atoms with Crippen LogP contribution in [0.2, 0.25) is 0 Å². The number of aromatic nitrogens is 1. The number of aliphatic carboxylic acids is 1. The van der Waals surface area contributed by atoms with E-state index in [1.165, 1.54) is 6.92 Å². The number of para-hydroxylation sites is 1. The Bertz CT molecular complexity index is 1240. The quantitative estimate of drug-likeness (QED) is 0.0619. The minimum Gasteiger partial charge on any atom is -0.480 e. The highest BCUT2D eigenvalue weighted by Crippen LogP contribution is 2.19. The van der Waals surface area contributed by atoms with Gasteiger partial charge in [0, 0.05) is 36.5 Å². The van der Waals surface area contributed by atoms with Gasteiger partial charge in [-0.2, -0.15) is 0 Å². The smallest absolute Gasteiger partial charge is 0.326 e. The molecule has 2 aromatic rings. The molecule has 0 aliphatic heterocycles. The van der Waals surface area contributed by atoms with Crippen LogP contribution >= 0.6 is 0 Å². The highest BCUT2D eigenvalue weighted by Gasteiger charge is 2.29. The summed E-state index contributed by atoms with van der Waals surface area (Å²) in [6, 6.07) is 2.74. The average molecular weight is 560 g/mol. The van der Waals surface area contributed by atoms with Crippen molar-refractivity contribution in [2.45, 2.75) is 63.2 Å². The number of nitrogens with zero attached hydrogens (tertiary/aromatic N) is 1. The van der Waals surface area contributed by atoms with Gasteiger partial charge in [0.25, 0.3) is 0 Å². The zero-order valence-electron chi connectivity index (χ0n) is 22.2. The average Bonchev–Trinajstić information content (AvgIpc) is 3.30. The van der Waals surface area contributed by atoms with Gasteiger partial charge < -0.3 is 49.0 Å². The van der Waals surface area contributed by atoms with Crippen LogP contribution in [0.3, 0.4) is 0 Å². The number of carboxylic acid groups (broad SMARTS) is 1. The highest BCUT2D eigenvalue weighted by atomic mass is 16.4. The first kappa shape index (κ1) is 31.6. The maximum Gasteiger partial charge on any atom is 0.326 e. The Morgan fingerprint density at radius 2 is 1.62 bits per heavy atom. The van der Waals surface area contributed by atoms with E-state index in [2.05, 4.69) is 25.9 Å². The van der Waals surface area contributed by atoms with Crippen LogP contribution in [-0.2, 0) is 30.4 Å². The second-order valence-electron chi connectivity index (χ2n) is 9.31. The first-order valence-electron chi connectivity index (χ1n) is 12.7. The summed E-state index contributed by atoms with van der Waals surface area (Å²) in [4.78, 5) is 68.2. The van der Waals surface area contributed by atoms with E-state index in [4.69, 9.17) is 22.9 Å². The Labute approximate surface area is 230 Å². The zero-order chi connectivity index (χ0) is 29.8. The molecule has 0 fully saturated rings. The molecule has 40 heavy (non-hydrogen) atoms. The molecule has 13 N–H and O–H groups in total. The van der Waals surface area contributed by atoms with Gasteiger partial charge in [-0.25, -0.2) is 4.79 Å². The minimum absolute atomic E-state index is 0.00165. The molecule has 4 unspecified atom stereocenters. The molecule has 1 aromatic heterocycles. The largest absolute Gasteiger partial charge is 0.480 e. The summed E-state index contributed by atoms with van der Waals surface area (Å²) < 4.78 is 0. The summed E-state index contributed by atoms with van der Waals surface area (Å²) in [6.07, 6.45) is 1.94. The number of carboxylic acids is 1. The number of primary amides is 1. The zero-order valence-corrected chi connectivity index (χ0v) is 22.2. The maximum absolute atomic E-state index is 13.2. The van der Waals surface area contributed by atoms with E-state index in [9.17, 15) is 29.1 Å². The molecule has 1 heterocycles. The Morgan fingerprint density at radius 1 is 0.950 bits per heavy atom. The third kappa shape index (κ3) is 9.90. The number of fused-ring (bicyclic) bond motifs is 1. The van der Waals surface area contributed by atoms with Gasteiger partial charge in [0.15, 0.2) is 5.96 Å². The van der Waals surface area contributed by atoms with E-state index in [1.54, 1.807) is 6.20 Å². The molecule has 0 radical (unpaired) electrons. The van der Waals surface area contributed by atoms with E-state index in [0.29, 0.717) is 5.56 Å². The molecule has 2 rings (SSSR count). The highest BCUT2D eigenvalue weighted by molar-refractivity contribution is 5.94. The number of carbonyl (C=O) groups excluding carboxylic acids is 4. The van der Waals surface area contributed by atoms with Crippen LogP contribution in [0.5, 0.6) is 0 Å². The van der Waals surface area contributed by atoms with Gasteiger partial charge in [0.05, 0.1) is 6.04 Å². The molecule has 15 heteroatoms. The molecule has 15 nitrogen and oxygen atoms in total. The van der Waals surface area contributed by atoms with Gasteiger partial charge in [-0.05, 0) is 37.8 Å². The van der Waals surface area contributed by atoms with Crippen molar-refractivity contribution in [3.05, 3.63) is 36.0 Å². The molecule has 0 bridgehead atoms. The number of carbonyl (C=O) groups is 5. The maximum atomic E-state index is 13.2. The fourth-order valence-electron chi connectivity index (χ4n) is 3.88. The van der Waals surface area contributed by atoms with Crippen molar-refractivity contribution in [2.24, 2.45) is 27.9 Å². The summed E-state index contributed by atoms with van der Waals surface area (Å²) in [5, 5.41) is 18.1. The van der Waals surface area contributed by atoms with Gasteiger partial charge in [-0.15, -0.1) is 0 Å². The molecule has 0 spiro atoms. The van der Waals surface area contributed by atoms with Crippen molar-refractivity contribution in [2.75, 3.05) is 6.54 Å². The van der Waals surface area contributed by atoms with Crippen LogP contribution in [0, 0.1) is 0 Å². The number of benzene rings is 1. The predicted octanol–water partition coefficient (Wildman–Crippen LogP) is -2.08. The molecular weight excluding hydrogens is 522 g/mol. The van der Waals surface area contributed by atoms with Gasteiger partial charge in [-0.1, -0.05) is 18.2 Å². The normalized spacial score (nSPS) is 13.8. The standard InChI is InChI=1S/C25H37N9O6/c1-13(32-22(37)16(26)8-9-20(27)35)21(36)33-18(7-4-10-30-25(28)29)23(38)34-19(24(39)40)11-14-12-31-17-6-3-2-5-15(14)17/h2-3,5-6,12-13,16,18-19,31H,4,7-11,26H2,1H3,(H2,27,35)(H,32,37)(H,33,36)(H,34,38)(H,39,40)(H4,28,29,30). The second kappa shape index (κ2) is 15.1. The third-order valence-corrected chi connectivity index (χ3v) is 6.08. The number of rotatable bonds is 16. The fraction of sp³-hybridized carbons (Fsp3) is 0.440. The molecule has 218 valence electrons. The van der Waals surface area contributed by atoms with Crippen LogP contribution in [0.4, 0.5) is 0 Å². The minimum atomic E-state index is -1.29. The van der Waals surface area contributed by atoms with Crippen molar-refractivity contribution in [3.8, 4) is 0 Å². The third-order valence-electron chi connectivity index (χ3n) is 6.08. The summed E-state index contributed by atoms with van der Waals surface area (Å²) in [5.41, 5.74) is 23.0. The molecule has 1 aromatic carbocycles. The van der Waals surface area contributed by atoms with E-state index >= 15 is 0 Å².